The Morgan fingerprint density at radius 2 is 1.79 bits per heavy atom. The highest BCUT2D eigenvalue weighted by Crippen LogP contribution is 2.27. The van der Waals surface area contributed by atoms with Gasteiger partial charge >= 0.3 is 0 Å². The second-order valence-electron chi connectivity index (χ2n) is 6.50. The number of ketones is 2. The Morgan fingerprint density at radius 3 is 2.50 bits per heavy atom. The van der Waals surface area contributed by atoms with E-state index in [0.29, 0.717) is 35.2 Å². The number of nitrogens with zero attached hydrogens (tertiary/aromatic N) is 3. The van der Waals surface area contributed by atoms with Gasteiger partial charge in [0.25, 0.3) is 0 Å². The Bertz CT molecular complexity index is 755. The molecule has 1 N–H and O–H groups in total. The van der Waals surface area contributed by atoms with Crippen molar-refractivity contribution in [3.63, 3.8) is 0 Å². The minimum absolute atomic E-state index is 0.123. The highest BCUT2D eigenvalue weighted by Gasteiger charge is 2.31. The molecule has 1 atom stereocenters. The van der Waals surface area contributed by atoms with E-state index in [1.54, 1.807) is 18.5 Å². The number of aliphatic hydroxyl groups excluding tert-OH is 1. The van der Waals surface area contributed by atoms with E-state index in [1.165, 1.54) is 12.4 Å². The molecule has 0 amide bonds. The summed E-state index contributed by atoms with van der Waals surface area (Å²) in [6.45, 7) is 3.59. The summed E-state index contributed by atoms with van der Waals surface area (Å²) in [6, 6.07) is 1.60. The first-order valence-electron chi connectivity index (χ1n) is 8.27. The van der Waals surface area contributed by atoms with Gasteiger partial charge in [-0.05, 0) is 18.9 Å². The van der Waals surface area contributed by atoms with Gasteiger partial charge in [0.05, 0.1) is 22.8 Å². The Labute approximate surface area is 139 Å². The maximum Gasteiger partial charge on any atom is 0.197 e. The third kappa shape index (κ3) is 2.79. The quantitative estimate of drug-likeness (QED) is 0.687. The summed E-state index contributed by atoms with van der Waals surface area (Å²) < 4.78 is 1.88. The van der Waals surface area contributed by atoms with Crippen molar-refractivity contribution in [2.45, 2.75) is 25.5 Å². The van der Waals surface area contributed by atoms with Gasteiger partial charge in [-0.2, -0.15) is 0 Å². The zero-order chi connectivity index (χ0) is 16.7. The van der Waals surface area contributed by atoms with Crippen LogP contribution in [0.5, 0.6) is 0 Å². The molecule has 2 aromatic rings. The summed E-state index contributed by atoms with van der Waals surface area (Å²) in [6.07, 6.45) is 7.68. The molecule has 3 heterocycles. The molecule has 1 unspecified atom stereocenters. The summed E-state index contributed by atoms with van der Waals surface area (Å²) in [4.78, 5) is 31.2. The normalized spacial score (nSPS) is 17.5. The van der Waals surface area contributed by atoms with Crippen molar-refractivity contribution in [3.8, 4) is 0 Å². The molecule has 0 saturated carbocycles. The molecule has 6 nitrogen and oxygen atoms in total. The smallest absolute Gasteiger partial charge is 0.197 e. The van der Waals surface area contributed by atoms with E-state index in [1.807, 2.05) is 4.57 Å². The minimum atomic E-state index is -0.309. The molecular weight excluding hydrogens is 306 g/mol. The average molecular weight is 325 g/mol. The first-order chi connectivity index (χ1) is 11.6. The lowest BCUT2D eigenvalue weighted by atomic mass is 9.88. The highest BCUT2D eigenvalue weighted by molar-refractivity contribution is 6.28. The van der Waals surface area contributed by atoms with Gasteiger partial charge in [-0.3, -0.25) is 19.5 Å². The first kappa shape index (κ1) is 15.2. The van der Waals surface area contributed by atoms with Gasteiger partial charge in [0.15, 0.2) is 11.6 Å². The number of aliphatic hydroxyl groups is 1. The number of pyridine rings is 1. The number of carbonyl (C=O) groups excluding carboxylic acids is 2. The summed E-state index contributed by atoms with van der Waals surface area (Å²) >= 11 is 0. The van der Waals surface area contributed by atoms with Crippen LogP contribution in [0.4, 0.5) is 0 Å². The van der Waals surface area contributed by atoms with Gasteiger partial charge in [-0.25, -0.2) is 0 Å². The molecule has 2 aromatic heterocycles. The SMILES string of the molecule is O=C1c2ccncc2C(=O)c2cn(CCCC(O)CN3CC3)cc21. The van der Waals surface area contributed by atoms with Crippen molar-refractivity contribution in [1.29, 1.82) is 0 Å². The summed E-state index contributed by atoms with van der Waals surface area (Å²) in [5.74, 6) is -0.268. The molecule has 0 spiro atoms. The van der Waals surface area contributed by atoms with Crippen molar-refractivity contribution in [2.75, 3.05) is 19.6 Å². The molecular formula is C18H19N3O3. The van der Waals surface area contributed by atoms with E-state index in [9.17, 15) is 14.7 Å². The molecule has 24 heavy (non-hydrogen) atoms. The van der Waals surface area contributed by atoms with Gasteiger partial charge in [0.1, 0.15) is 0 Å². The molecule has 0 bridgehead atoms. The van der Waals surface area contributed by atoms with Gasteiger partial charge in [-0.15, -0.1) is 0 Å². The van der Waals surface area contributed by atoms with Crippen LogP contribution in [-0.4, -0.2) is 56.9 Å². The number of carbonyl (C=O) groups is 2. The predicted octanol–water partition coefficient (Wildman–Crippen LogP) is 1.12. The van der Waals surface area contributed by atoms with E-state index >= 15 is 0 Å². The maximum absolute atomic E-state index is 12.5. The number of aromatic nitrogens is 2. The summed E-state index contributed by atoms with van der Waals surface area (Å²) in [5.41, 5.74) is 1.71. The Morgan fingerprint density at radius 1 is 1.08 bits per heavy atom. The monoisotopic (exact) mass is 325 g/mol. The van der Waals surface area contributed by atoms with Crippen LogP contribution in [0, 0.1) is 0 Å². The molecule has 6 heteroatoms. The first-order valence-corrected chi connectivity index (χ1v) is 8.27. The van der Waals surface area contributed by atoms with Crippen molar-refractivity contribution in [1.82, 2.24) is 14.5 Å². The third-order valence-corrected chi connectivity index (χ3v) is 4.64. The van der Waals surface area contributed by atoms with Crippen LogP contribution < -0.4 is 0 Å². The summed E-state index contributed by atoms with van der Waals surface area (Å²) in [5, 5.41) is 9.94. The fraction of sp³-hybridized carbons (Fsp3) is 0.389. The van der Waals surface area contributed by atoms with Crippen molar-refractivity contribution < 1.29 is 14.7 Å². The van der Waals surface area contributed by atoms with Crippen LogP contribution in [0.3, 0.4) is 0 Å². The van der Waals surface area contributed by atoms with Crippen molar-refractivity contribution in [2.24, 2.45) is 0 Å². The van der Waals surface area contributed by atoms with Gasteiger partial charge in [-0.1, -0.05) is 0 Å². The fourth-order valence-electron chi connectivity index (χ4n) is 3.21. The molecule has 0 radical (unpaired) electrons. The van der Waals surface area contributed by atoms with Crippen LogP contribution in [0.25, 0.3) is 0 Å². The number of hydrogen-bond acceptors (Lipinski definition) is 5. The molecule has 0 aromatic carbocycles. The van der Waals surface area contributed by atoms with Gasteiger partial charge in [0, 0.05) is 56.5 Å². The van der Waals surface area contributed by atoms with E-state index < -0.39 is 0 Å². The third-order valence-electron chi connectivity index (χ3n) is 4.64. The number of rotatable bonds is 6. The Hall–Kier alpha value is -2.31. The topological polar surface area (TPSA) is 75.2 Å². The number of β-amino-alcohol motifs (C(OH)–C–C–N with tert-alkyl or cyclic N) is 1. The minimum Gasteiger partial charge on any atom is -0.392 e. The van der Waals surface area contributed by atoms with E-state index in [2.05, 4.69) is 9.88 Å². The van der Waals surface area contributed by atoms with Crippen LogP contribution in [0.2, 0.25) is 0 Å². The highest BCUT2D eigenvalue weighted by atomic mass is 16.3. The fourth-order valence-corrected chi connectivity index (χ4v) is 3.21. The standard InChI is InChI=1S/C18H19N3O3/c22-12(9-20-6-7-20)2-1-5-21-10-15-16(11-21)18(24)14-8-19-4-3-13(14)17(15)23/h3-4,8,10-12,22H,1-2,5-7,9H2. The molecule has 1 fully saturated rings. The van der Waals surface area contributed by atoms with Gasteiger partial charge < -0.3 is 9.67 Å². The van der Waals surface area contributed by atoms with Crippen LogP contribution in [0.15, 0.2) is 30.9 Å². The lowest BCUT2D eigenvalue weighted by molar-refractivity contribution is 0.0979. The molecule has 1 aliphatic carbocycles. The number of aryl methyl sites for hydroxylation is 1. The molecule has 1 aliphatic heterocycles. The Kier molecular flexibility index (Phi) is 3.78. The second kappa shape index (κ2) is 5.96. The van der Waals surface area contributed by atoms with Crippen LogP contribution in [-0.2, 0) is 6.54 Å². The predicted molar refractivity (Wildman–Crippen MR) is 87.2 cm³/mol. The summed E-state index contributed by atoms with van der Waals surface area (Å²) in [7, 11) is 0. The largest absolute Gasteiger partial charge is 0.392 e. The number of fused-ring (bicyclic) bond motifs is 2. The Balaban J connectivity index is 1.46. The van der Waals surface area contributed by atoms with E-state index in [-0.39, 0.29) is 17.7 Å². The second-order valence-corrected chi connectivity index (χ2v) is 6.50. The van der Waals surface area contributed by atoms with Gasteiger partial charge in [0.2, 0.25) is 0 Å². The molecule has 1 saturated heterocycles. The van der Waals surface area contributed by atoms with Crippen molar-refractivity contribution in [3.05, 3.63) is 53.1 Å². The average Bonchev–Trinajstić information content (AvgIpc) is 3.28. The van der Waals surface area contributed by atoms with Crippen molar-refractivity contribution >= 4 is 11.6 Å². The zero-order valence-electron chi connectivity index (χ0n) is 13.3. The molecule has 124 valence electrons. The zero-order valence-corrected chi connectivity index (χ0v) is 13.3. The van der Waals surface area contributed by atoms with E-state index in [4.69, 9.17) is 0 Å². The van der Waals surface area contributed by atoms with Crippen LogP contribution in [0.1, 0.15) is 44.7 Å². The molecule has 4 rings (SSSR count). The van der Waals surface area contributed by atoms with E-state index in [0.717, 1.165) is 26.1 Å². The lowest BCUT2D eigenvalue weighted by Crippen LogP contribution is -2.19. The molecule has 2 aliphatic rings. The van der Waals surface area contributed by atoms with Crippen LogP contribution >= 0.6 is 0 Å². The lowest BCUT2D eigenvalue weighted by Gasteiger charge is -2.12. The maximum atomic E-state index is 12.5. The number of hydrogen-bond donors (Lipinski definition) is 1.